The van der Waals surface area contributed by atoms with Crippen molar-refractivity contribution in [3.05, 3.63) is 65.2 Å². The number of hydrogen-bond donors (Lipinski definition) is 0. The van der Waals surface area contributed by atoms with E-state index in [1.165, 1.54) is 10.5 Å². The first-order valence-electron chi connectivity index (χ1n) is 12.4. The average Bonchev–Trinajstić information content (AvgIpc) is 3.07. The third-order valence-corrected chi connectivity index (χ3v) is 7.32. The summed E-state index contributed by atoms with van der Waals surface area (Å²) < 4.78 is 0. The quantitative estimate of drug-likeness (QED) is 0.575. The summed E-state index contributed by atoms with van der Waals surface area (Å²) in [7, 11) is 3.83. The van der Waals surface area contributed by atoms with Crippen molar-refractivity contribution in [1.82, 2.24) is 14.7 Å². The molecule has 0 saturated carbocycles. The Bertz CT molecular complexity index is 1090. The second kappa shape index (κ2) is 10.2. The highest BCUT2D eigenvalue weighted by atomic mass is 16.2. The Morgan fingerprint density at radius 3 is 2.23 bits per heavy atom. The van der Waals surface area contributed by atoms with Crippen molar-refractivity contribution in [2.75, 3.05) is 58.3 Å². The molecule has 3 amide bonds. The SMILES string of the molecule is Cc1ccc(N2CCN(C(=O)C[C@]3(c4ccccc4C)CC(=O)N(CCN(C)C)C3=O)CC2)cc1. The number of hydrogen-bond acceptors (Lipinski definition) is 5. The van der Waals surface area contributed by atoms with Crippen LogP contribution in [-0.2, 0) is 19.8 Å². The zero-order valence-corrected chi connectivity index (χ0v) is 21.3. The van der Waals surface area contributed by atoms with E-state index in [1.807, 2.05) is 55.1 Å². The number of anilines is 1. The van der Waals surface area contributed by atoms with Gasteiger partial charge >= 0.3 is 0 Å². The summed E-state index contributed by atoms with van der Waals surface area (Å²) in [5.41, 5.74) is 2.96. The standard InChI is InChI=1S/C28H36N4O3/c1-21-9-11-23(12-10-21)30-14-16-31(17-15-30)25(33)19-28(24-8-6-5-7-22(24)2)20-26(34)32(27(28)35)18-13-29(3)4/h5-12H,13-20H2,1-4H3/t28-/m1/s1. The van der Waals surface area contributed by atoms with Crippen LogP contribution in [-0.4, -0.2) is 85.8 Å². The Hall–Kier alpha value is -3.19. The molecule has 0 N–H and O–H groups in total. The molecule has 2 heterocycles. The van der Waals surface area contributed by atoms with Crippen molar-refractivity contribution >= 4 is 23.4 Å². The van der Waals surface area contributed by atoms with Crippen LogP contribution in [0, 0.1) is 13.8 Å². The summed E-state index contributed by atoms with van der Waals surface area (Å²) in [4.78, 5) is 47.8. The highest BCUT2D eigenvalue weighted by Gasteiger charge is 2.54. The maximum atomic E-state index is 13.8. The monoisotopic (exact) mass is 476 g/mol. The van der Waals surface area contributed by atoms with Gasteiger partial charge in [0.05, 0.1) is 5.41 Å². The van der Waals surface area contributed by atoms with Gasteiger partial charge in [-0.15, -0.1) is 0 Å². The van der Waals surface area contributed by atoms with Crippen LogP contribution in [0.25, 0.3) is 0 Å². The van der Waals surface area contributed by atoms with Crippen LogP contribution in [0.15, 0.2) is 48.5 Å². The zero-order valence-electron chi connectivity index (χ0n) is 21.3. The lowest BCUT2D eigenvalue weighted by Gasteiger charge is -2.38. The molecule has 0 radical (unpaired) electrons. The van der Waals surface area contributed by atoms with Crippen LogP contribution >= 0.6 is 0 Å². The van der Waals surface area contributed by atoms with E-state index in [1.54, 1.807) is 0 Å². The maximum absolute atomic E-state index is 13.8. The molecule has 2 saturated heterocycles. The number of imide groups is 1. The minimum Gasteiger partial charge on any atom is -0.368 e. The van der Waals surface area contributed by atoms with Gasteiger partial charge in [-0.2, -0.15) is 0 Å². The van der Waals surface area contributed by atoms with E-state index in [0.29, 0.717) is 26.2 Å². The molecule has 7 nitrogen and oxygen atoms in total. The van der Waals surface area contributed by atoms with Gasteiger partial charge in [0.15, 0.2) is 0 Å². The third-order valence-electron chi connectivity index (χ3n) is 7.32. The van der Waals surface area contributed by atoms with Gasteiger partial charge in [0.25, 0.3) is 0 Å². The normalized spacial score (nSPS) is 20.8. The number of carbonyl (C=O) groups is 3. The first-order valence-corrected chi connectivity index (χ1v) is 12.4. The molecular weight excluding hydrogens is 440 g/mol. The van der Waals surface area contributed by atoms with Gasteiger partial charge < -0.3 is 14.7 Å². The Morgan fingerprint density at radius 1 is 0.943 bits per heavy atom. The Balaban J connectivity index is 1.53. The average molecular weight is 477 g/mol. The second-order valence-corrected chi connectivity index (χ2v) is 10.1. The van der Waals surface area contributed by atoms with E-state index in [0.717, 1.165) is 29.9 Å². The Labute approximate surface area is 208 Å². The number of benzene rings is 2. The van der Waals surface area contributed by atoms with Crippen LogP contribution in [0.5, 0.6) is 0 Å². The van der Waals surface area contributed by atoms with Gasteiger partial charge in [-0.05, 0) is 51.2 Å². The minimum atomic E-state index is -1.14. The lowest BCUT2D eigenvalue weighted by Crippen LogP contribution is -2.51. The zero-order chi connectivity index (χ0) is 25.2. The van der Waals surface area contributed by atoms with Crippen LogP contribution in [0.3, 0.4) is 0 Å². The Morgan fingerprint density at radius 2 is 1.60 bits per heavy atom. The summed E-state index contributed by atoms with van der Waals surface area (Å²) in [6.45, 7) is 7.63. The fourth-order valence-electron chi connectivity index (χ4n) is 5.22. The summed E-state index contributed by atoms with van der Waals surface area (Å²) in [5, 5.41) is 0. The first-order chi connectivity index (χ1) is 16.7. The number of likely N-dealkylation sites (tertiary alicyclic amines) is 1. The van der Waals surface area contributed by atoms with Crippen molar-refractivity contribution < 1.29 is 14.4 Å². The smallest absolute Gasteiger partial charge is 0.240 e. The van der Waals surface area contributed by atoms with Gasteiger partial charge in [-0.1, -0.05) is 42.0 Å². The molecule has 2 fully saturated rings. The molecule has 4 rings (SSSR count). The molecule has 0 spiro atoms. The molecule has 1 atom stereocenters. The maximum Gasteiger partial charge on any atom is 0.240 e. The van der Waals surface area contributed by atoms with Crippen LogP contribution in [0.4, 0.5) is 5.69 Å². The number of nitrogens with zero attached hydrogens (tertiary/aromatic N) is 4. The predicted octanol–water partition coefficient (Wildman–Crippen LogP) is 2.60. The number of amides is 3. The lowest BCUT2D eigenvalue weighted by molar-refractivity contribution is -0.143. The van der Waals surface area contributed by atoms with Gasteiger partial charge in [-0.25, -0.2) is 0 Å². The predicted molar refractivity (Wildman–Crippen MR) is 137 cm³/mol. The summed E-state index contributed by atoms with van der Waals surface area (Å²) in [5.74, 6) is -0.505. The molecule has 2 aromatic carbocycles. The third kappa shape index (κ3) is 5.10. The molecule has 2 aromatic rings. The highest BCUT2D eigenvalue weighted by molar-refractivity contribution is 6.11. The summed E-state index contributed by atoms with van der Waals surface area (Å²) in [6, 6.07) is 16.1. The van der Waals surface area contributed by atoms with E-state index >= 15 is 0 Å². The van der Waals surface area contributed by atoms with Crippen molar-refractivity contribution in [1.29, 1.82) is 0 Å². The molecule has 0 aromatic heterocycles. The van der Waals surface area contributed by atoms with E-state index in [-0.39, 0.29) is 30.6 Å². The van der Waals surface area contributed by atoms with Crippen LogP contribution in [0.2, 0.25) is 0 Å². The van der Waals surface area contributed by atoms with E-state index in [9.17, 15) is 14.4 Å². The number of aryl methyl sites for hydroxylation is 2. The van der Waals surface area contributed by atoms with Crippen molar-refractivity contribution in [2.45, 2.75) is 32.1 Å². The lowest BCUT2D eigenvalue weighted by atomic mass is 9.74. The van der Waals surface area contributed by atoms with Gasteiger partial charge in [0, 0.05) is 57.8 Å². The van der Waals surface area contributed by atoms with Gasteiger partial charge in [0.1, 0.15) is 0 Å². The first kappa shape index (κ1) is 24.9. The van der Waals surface area contributed by atoms with E-state index in [2.05, 4.69) is 36.1 Å². The van der Waals surface area contributed by atoms with E-state index < -0.39 is 5.41 Å². The van der Waals surface area contributed by atoms with Gasteiger partial charge in [0.2, 0.25) is 17.7 Å². The number of carbonyl (C=O) groups excluding carboxylic acids is 3. The molecule has 186 valence electrons. The fourth-order valence-corrected chi connectivity index (χ4v) is 5.22. The van der Waals surface area contributed by atoms with Gasteiger partial charge in [-0.3, -0.25) is 19.3 Å². The van der Waals surface area contributed by atoms with Crippen molar-refractivity contribution in [2.24, 2.45) is 0 Å². The molecule has 7 heteroatoms. The van der Waals surface area contributed by atoms with Crippen molar-refractivity contribution in [3.63, 3.8) is 0 Å². The summed E-state index contributed by atoms with van der Waals surface area (Å²) >= 11 is 0. The summed E-state index contributed by atoms with van der Waals surface area (Å²) in [6.07, 6.45) is 0.0601. The largest absolute Gasteiger partial charge is 0.368 e. The molecule has 2 aliphatic rings. The Kier molecular flexibility index (Phi) is 7.26. The highest BCUT2D eigenvalue weighted by Crippen LogP contribution is 2.41. The van der Waals surface area contributed by atoms with E-state index in [4.69, 9.17) is 0 Å². The molecule has 2 aliphatic heterocycles. The number of rotatable bonds is 7. The topological polar surface area (TPSA) is 64.2 Å². The minimum absolute atomic E-state index is 0.0193. The van der Waals surface area contributed by atoms with Crippen LogP contribution < -0.4 is 4.90 Å². The molecule has 0 unspecified atom stereocenters. The number of likely N-dealkylation sites (N-methyl/N-ethyl adjacent to an activating group) is 1. The van der Waals surface area contributed by atoms with Crippen molar-refractivity contribution in [3.8, 4) is 0 Å². The number of piperazine rings is 1. The molecular formula is C28H36N4O3. The van der Waals surface area contributed by atoms with Crippen LogP contribution in [0.1, 0.15) is 29.5 Å². The molecule has 0 aliphatic carbocycles. The molecule has 35 heavy (non-hydrogen) atoms. The fraction of sp³-hybridized carbons (Fsp3) is 0.464. The molecule has 0 bridgehead atoms. The second-order valence-electron chi connectivity index (χ2n) is 10.1.